The smallest absolute Gasteiger partial charge is 1.00 e. The molecule has 0 aromatic rings. The average molecular weight is 231 g/mol. The fourth-order valence-corrected chi connectivity index (χ4v) is 0.946. The van der Waals surface area contributed by atoms with Crippen LogP contribution in [-0.2, 0) is 4.79 Å². The normalized spacial score (nSPS) is 14.4. The van der Waals surface area contributed by atoms with E-state index >= 15 is 0 Å². The van der Waals surface area contributed by atoms with E-state index in [-0.39, 0.29) is 54.6 Å². The summed E-state index contributed by atoms with van der Waals surface area (Å²) in [6.45, 7) is 0. The van der Waals surface area contributed by atoms with Gasteiger partial charge in [-0.15, -0.1) is 0 Å². The second-order valence-corrected chi connectivity index (χ2v) is 2.10. The van der Waals surface area contributed by atoms with Crippen LogP contribution in [0.25, 0.3) is 0 Å². The molecule has 64 valence electrons. The molecule has 0 aliphatic heterocycles. The molecule has 0 bridgehead atoms. The van der Waals surface area contributed by atoms with Crippen molar-refractivity contribution in [3.8, 4) is 0 Å². The van der Waals surface area contributed by atoms with Gasteiger partial charge in [0.15, 0.2) is 0 Å². The van der Waals surface area contributed by atoms with E-state index in [9.17, 15) is 4.79 Å². The number of halogens is 3. The van der Waals surface area contributed by atoms with Gasteiger partial charge in [-0.25, -0.2) is 0 Å². The maximum Gasteiger partial charge on any atom is 3.00 e. The topological polar surface area (TPSA) is 17.1 Å². The number of rotatable bonds is 0. The van der Waals surface area contributed by atoms with Gasteiger partial charge in [0.25, 0.3) is 0 Å². The predicted octanol–water partition coefficient (Wildman–Crippen LogP) is -7.85. The minimum atomic E-state index is 0. The van der Waals surface area contributed by atoms with Crippen LogP contribution in [0.1, 0.15) is 32.1 Å². The van der Waals surface area contributed by atoms with Gasteiger partial charge in [-0.05, 0) is 12.8 Å². The van der Waals surface area contributed by atoms with Crippen LogP contribution >= 0.6 is 0 Å². The molecule has 1 rings (SSSR count). The first kappa shape index (κ1) is 22.7. The van der Waals surface area contributed by atoms with Crippen LogP contribution in [-0.4, -0.2) is 23.1 Å². The predicted molar refractivity (Wildman–Crippen MR) is 33.8 cm³/mol. The molecule has 0 aromatic heterocycles. The van der Waals surface area contributed by atoms with Crippen molar-refractivity contribution < 1.29 is 42.0 Å². The van der Waals surface area contributed by atoms with Crippen molar-refractivity contribution in [2.24, 2.45) is 0 Å². The standard InChI is InChI=1S/C6H10O.Al.3ClH/c7-6-4-2-1-3-5-6;;;;/h1-5H2;;3*1H/q;+3;;;/p-3. The zero-order valence-electron chi connectivity index (χ0n) is 6.16. The Balaban J connectivity index is -0.0000000612. The summed E-state index contributed by atoms with van der Waals surface area (Å²) in [5.41, 5.74) is 0. The molecule has 11 heavy (non-hydrogen) atoms. The van der Waals surface area contributed by atoms with Gasteiger partial charge in [0.2, 0.25) is 0 Å². The van der Waals surface area contributed by atoms with Crippen molar-refractivity contribution >= 4 is 23.1 Å². The summed E-state index contributed by atoms with van der Waals surface area (Å²) in [6.07, 6.45) is 5.24. The largest absolute Gasteiger partial charge is 3.00 e. The molecule has 0 spiro atoms. The van der Waals surface area contributed by atoms with E-state index in [1.165, 1.54) is 6.42 Å². The molecule has 0 unspecified atom stereocenters. The van der Waals surface area contributed by atoms with E-state index in [1.807, 2.05) is 0 Å². The SMILES string of the molecule is O=C1CCCCC1.[Al+3].[Cl-].[Cl-].[Cl-]. The fourth-order valence-electron chi connectivity index (χ4n) is 0.946. The number of carbonyl (C=O) groups excluding carboxylic acids is 1. The van der Waals surface area contributed by atoms with Crippen LogP contribution in [0.4, 0.5) is 0 Å². The van der Waals surface area contributed by atoms with Gasteiger partial charge in [0, 0.05) is 12.8 Å². The molecule has 1 fully saturated rings. The van der Waals surface area contributed by atoms with Crippen LogP contribution in [0, 0.1) is 0 Å². The van der Waals surface area contributed by atoms with Crippen molar-refractivity contribution in [1.29, 1.82) is 0 Å². The van der Waals surface area contributed by atoms with E-state index < -0.39 is 0 Å². The second-order valence-electron chi connectivity index (χ2n) is 2.10. The minimum absolute atomic E-state index is 0. The number of hydrogen-bond donors (Lipinski definition) is 0. The van der Waals surface area contributed by atoms with Crippen LogP contribution in [0.2, 0.25) is 0 Å². The van der Waals surface area contributed by atoms with Crippen molar-refractivity contribution in [2.75, 3.05) is 0 Å². The molecule has 1 nitrogen and oxygen atoms in total. The van der Waals surface area contributed by atoms with Crippen LogP contribution in [0.5, 0.6) is 0 Å². The molecule has 0 heterocycles. The molecule has 0 amide bonds. The first-order chi connectivity index (χ1) is 3.39. The Labute approximate surface area is 97.1 Å². The molecule has 1 saturated carbocycles. The van der Waals surface area contributed by atoms with E-state index in [0.29, 0.717) is 5.78 Å². The molecule has 0 aromatic carbocycles. The third-order valence-corrected chi connectivity index (χ3v) is 1.41. The first-order valence-electron chi connectivity index (χ1n) is 2.91. The van der Waals surface area contributed by atoms with E-state index in [1.54, 1.807) is 0 Å². The summed E-state index contributed by atoms with van der Waals surface area (Å²) in [5.74, 6) is 0.464. The van der Waals surface area contributed by atoms with Gasteiger partial charge in [-0.1, -0.05) is 6.42 Å². The molecule has 5 heteroatoms. The van der Waals surface area contributed by atoms with Crippen LogP contribution in [0.3, 0.4) is 0 Å². The molecule has 0 saturated heterocycles. The van der Waals surface area contributed by atoms with Gasteiger partial charge in [-0.3, -0.25) is 4.79 Å². The fraction of sp³-hybridized carbons (Fsp3) is 0.833. The van der Waals surface area contributed by atoms with E-state index in [4.69, 9.17) is 0 Å². The average Bonchev–Trinajstić information content (AvgIpc) is 1.69. The molecule has 0 N–H and O–H groups in total. The molecule has 0 radical (unpaired) electrons. The second kappa shape index (κ2) is 13.6. The first-order valence-corrected chi connectivity index (χ1v) is 2.91. The molecule has 1 aliphatic carbocycles. The Morgan fingerprint density at radius 2 is 1.18 bits per heavy atom. The van der Waals surface area contributed by atoms with Crippen molar-refractivity contribution in [1.82, 2.24) is 0 Å². The Bertz CT molecular complexity index is 81.9. The number of carbonyl (C=O) groups is 1. The number of ketones is 1. The minimum Gasteiger partial charge on any atom is -1.00 e. The van der Waals surface area contributed by atoms with Crippen molar-refractivity contribution in [3.05, 3.63) is 0 Å². The van der Waals surface area contributed by atoms with Crippen LogP contribution in [0.15, 0.2) is 0 Å². The van der Waals surface area contributed by atoms with Gasteiger partial charge in [0.1, 0.15) is 5.78 Å². The zero-order valence-corrected chi connectivity index (χ0v) is 9.58. The summed E-state index contributed by atoms with van der Waals surface area (Å²) in [4.78, 5) is 10.5. The summed E-state index contributed by atoms with van der Waals surface area (Å²) >= 11 is 0. The van der Waals surface area contributed by atoms with Crippen molar-refractivity contribution in [3.63, 3.8) is 0 Å². The van der Waals surface area contributed by atoms with E-state index in [0.717, 1.165) is 25.7 Å². The molecule has 0 atom stereocenters. The van der Waals surface area contributed by atoms with Gasteiger partial charge in [0.05, 0.1) is 0 Å². The van der Waals surface area contributed by atoms with Gasteiger partial charge in [-0.2, -0.15) is 0 Å². The molecular weight excluding hydrogens is 221 g/mol. The molecule has 1 aliphatic rings. The zero-order chi connectivity index (χ0) is 5.11. The summed E-state index contributed by atoms with van der Waals surface area (Å²) < 4.78 is 0. The Kier molecular flexibility index (Phi) is 28.2. The monoisotopic (exact) mass is 230 g/mol. The maximum absolute atomic E-state index is 10.5. The number of hydrogen-bond acceptors (Lipinski definition) is 1. The van der Waals surface area contributed by atoms with Crippen LogP contribution < -0.4 is 37.2 Å². The van der Waals surface area contributed by atoms with E-state index in [2.05, 4.69) is 0 Å². The summed E-state index contributed by atoms with van der Waals surface area (Å²) in [7, 11) is 0. The Hall–Kier alpha value is 1.07. The van der Waals surface area contributed by atoms with Gasteiger partial charge < -0.3 is 37.2 Å². The maximum atomic E-state index is 10.5. The van der Waals surface area contributed by atoms with Gasteiger partial charge >= 0.3 is 17.4 Å². The summed E-state index contributed by atoms with van der Waals surface area (Å²) in [5, 5.41) is 0. The third kappa shape index (κ3) is 11.1. The number of Topliss-reactive ketones (excluding diaryl/α,β-unsaturated/α-hetero) is 1. The van der Waals surface area contributed by atoms with Crippen molar-refractivity contribution in [2.45, 2.75) is 32.1 Å². The Morgan fingerprint density at radius 3 is 1.36 bits per heavy atom. The third-order valence-electron chi connectivity index (χ3n) is 1.41. The molecular formula is C6H10AlCl3O. The quantitative estimate of drug-likeness (QED) is 0.379. The Morgan fingerprint density at radius 1 is 0.818 bits per heavy atom. The summed E-state index contributed by atoms with van der Waals surface area (Å²) in [6, 6.07) is 0.